The van der Waals surface area contributed by atoms with E-state index in [1.54, 1.807) is 12.2 Å². The fourth-order valence-corrected chi connectivity index (χ4v) is 5.77. The molecule has 0 radical (unpaired) electrons. The van der Waals surface area contributed by atoms with Gasteiger partial charge in [-0.25, -0.2) is 4.57 Å². The van der Waals surface area contributed by atoms with E-state index in [1.807, 2.05) is 45.4 Å². The Morgan fingerprint density at radius 1 is 0.614 bits per heavy atom. The molecule has 0 amide bonds. The number of hydrogen-bond acceptors (Lipinski definition) is 8. The molecule has 0 spiro atoms. The first-order valence-electron chi connectivity index (χ1n) is 21.3. The summed E-state index contributed by atoms with van der Waals surface area (Å²) in [4.78, 5) is 47.0. The highest BCUT2D eigenvalue weighted by Crippen LogP contribution is 2.43. The smallest absolute Gasteiger partial charge is 0.462 e. The molecule has 0 aromatic carbocycles. The summed E-state index contributed by atoms with van der Waals surface area (Å²) in [5.74, 6) is -0.761. The number of hydrogen-bond donors (Lipinski definition) is 1. The van der Waals surface area contributed by atoms with Crippen LogP contribution < -0.4 is 0 Å². The molecule has 1 N–H and O–H groups in total. The molecule has 0 rings (SSSR count). The first-order valence-corrected chi connectivity index (χ1v) is 22.8. The third-order valence-corrected chi connectivity index (χ3v) is 9.37. The number of phosphoric ester groups is 1. The van der Waals surface area contributed by atoms with Crippen LogP contribution in [-0.2, 0) is 37.5 Å². The second-order valence-corrected chi connectivity index (χ2v) is 16.5. The third kappa shape index (κ3) is 40.8. The van der Waals surface area contributed by atoms with Crippen molar-refractivity contribution < 1.29 is 46.8 Å². The van der Waals surface area contributed by atoms with Crippen molar-refractivity contribution in [2.45, 2.75) is 142 Å². The molecule has 324 valence electrons. The molecule has 0 saturated carbocycles. The van der Waals surface area contributed by atoms with Gasteiger partial charge in [-0.3, -0.25) is 23.4 Å². The largest absolute Gasteiger partial charge is 0.472 e. The van der Waals surface area contributed by atoms with Gasteiger partial charge in [-0.05, 0) is 76.7 Å². The van der Waals surface area contributed by atoms with Gasteiger partial charge in [0.05, 0.1) is 27.7 Å². The summed E-state index contributed by atoms with van der Waals surface area (Å²) in [5, 5.41) is 0. The van der Waals surface area contributed by atoms with Gasteiger partial charge in [-0.15, -0.1) is 0 Å². The summed E-state index contributed by atoms with van der Waals surface area (Å²) in [6, 6.07) is 0. The van der Waals surface area contributed by atoms with Crippen molar-refractivity contribution in [3.05, 3.63) is 85.1 Å². The molecular formula is C46H77NO9P+. The maximum Gasteiger partial charge on any atom is 0.472 e. The Hall–Kier alpha value is -3.14. The Bertz CT molecular complexity index is 1310. The number of likely N-dealkylation sites (N-methyl/N-ethyl adjacent to an activating group) is 1. The molecule has 0 aliphatic carbocycles. The lowest BCUT2D eigenvalue weighted by Crippen LogP contribution is -2.37. The second-order valence-electron chi connectivity index (χ2n) is 15.0. The van der Waals surface area contributed by atoms with Crippen LogP contribution in [0.25, 0.3) is 0 Å². The van der Waals surface area contributed by atoms with Crippen LogP contribution in [0.15, 0.2) is 85.1 Å². The first kappa shape index (κ1) is 53.9. The highest BCUT2D eigenvalue weighted by atomic mass is 31.2. The number of carbonyl (C=O) groups excluding carboxylic acids is 3. The number of quaternary nitrogens is 1. The van der Waals surface area contributed by atoms with Gasteiger partial charge >= 0.3 is 19.8 Å². The Balaban J connectivity index is 4.56. The first-order chi connectivity index (χ1) is 27.4. The minimum Gasteiger partial charge on any atom is -0.462 e. The van der Waals surface area contributed by atoms with Crippen molar-refractivity contribution in [1.29, 1.82) is 0 Å². The molecule has 0 heterocycles. The number of allylic oxidation sites excluding steroid dienone is 14. The van der Waals surface area contributed by atoms with Gasteiger partial charge < -0.3 is 18.9 Å². The minimum absolute atomic E-state index is 0.00482. The lowest BCUT2D eigenvalue weighted by Gasteiger charge is -2.24. The van der Waals surface area contributed by atoms with Crippen LogP contribution in [0.3, 0.4) is 0 Å². The van der Waals surface area contributed by atoms with Crippen LogP contribution in [-0.4, -0.2) is 80.7 Å². The Morgan fingerprint density at radius 2 is 1.18 bits per heavy atom. The molecule has 1 unspecified atom stereocenters. The van der Waals surface area contributed by atoms with E-state index in [0.29, 0.717) is 36.7 Å². The monoisotopic (exact) mass is 819 g/mol. The summed E-state index contributed by atoms with van der Waals surface area (Å²) in [5.41, 5.74) is 0. The average Bonchev–Trinajstić information content (AvgIpc) is 3.15. The fraction of sp³-hybridized carbons (Fsp3) is 0.630. The van der Waals surface area contributed by atoms with Gasteiger partial charge in [0.2, 0.25) is 0 Å². The average molecular weight is 819 g/mol. The molecule has 0 aliphatic heterocycles. The van der Waals surface area contributed by atoms with Crippen molar-refractivity contribution in [3.63, 3.8) is 0 Å². The Labute approximate surface area is 346 Å². The number of unbranched alkanes of at least 4 members (excludes halogenated alkanes) is 8. The van der Waals surface area contributed by atoms with Gasteiger partial charge in [-0.2, -0.15) is 0 Å². The quantitative estimate of drug-likeness (QED) is 0.0124. The lowest BCUT2D eigenvalue weighted by molar-refractivity contribution is -0.870. The fourth-order valence-electron chi connectivity index (χ4n) is 5.03. The molecule has 11 heteroatoms. The Morgan fingerprint density at radius 3 is 1.82 bits per heavy atom. The molecule has 2 atom stereocenters. The summed E-state index contributed by atoms with van der Waals surface area (Å²) in [6.07, 6.45) is 43.3. The molecule has 0 aromatic heterocycles. The van der Waals surface area contributed by atoms with Gasteiger partial charge in [0, 0.05) is 19.3 Å². The predicted molar refractivity (Wildman–Crippen MR) is 234 cm³/mol. The number of ketones is 1. The van der Waals surface area contributed by atoms with E-state index >= 15 is 0 Å². The van der Waals surface area contributed by atoms with Crippen LogP contribution in [0.5, 0.6) is 0 Å². The zero-order valence-electron chi connectivity index (χ0n) is 36.0. The maximum absolute atomic E-state index is 12.7. The van der Waals surface area contributed by atoms with E-state index in [0.717, 1.165) is 83.5 Å². The molecule has 0 saturated heterocycles. The van der Waals surface area contributed by atoms with E-state index < -0.39 is 32.5 Å². The van der Waals surface area contributed by atoms with E-state index in [2.05, 4.69) is 62.5 Å². The van der Waals surface area contributed by atoms with Crippen molar-refractivity contribution in [3.8, 4) is 0 Å². The summed E-state index contributed by atoms with van der Waals surface area (Å²) in [6.45, 7) is 4.01. The van der Waals surface area contributed by atoms with Crippen LogP contribution in [0, 0.1) is 0 Å². The van der Waals surface area contributed by atoms with Gasteiger partial charge in [0.25, 0.3) is 0 Å². The molecule has 10 nitrogen and oxygen atoms in total. The third-order valence-electron chi connectivity index (χ3n) is 8.39. The highest BCUT2D eigenvalue weighted by molar-refractivity contribution is 7.47. The van der Waals surface area contributed by atoms with Crippen molar-refractivity contribution >= 4 is 25.5 Å². The summed E-state index contributed by atoms with van der Waals surface area (Å²) < 4.78 is 34.1. The van der Waals surface area contributed by atoms with E-state index in [9.17, 15) is 23.8 Å². The number of rotatable bonds is 37. The SMILES string of the molecule is CC/C=C\C/C=C\C/C=C\CCCCCCCC(=O)O[C@H](COC(=O)CCC/C=C\C/C=C\C/C=C\C=C\C(=O)CCCCC)COP(=O)(O)OCC[N+](C)(C)C. The van der Waals surface area contributed by atoms with Crippen LogP contribution in [0.1, 0.15) is 136 Å². The maximum atomic E-state index is 12.7. The van der Waals surface area contributed by atoms with E-state index in [-0.39, 0.29) is 31.8 Å². The highest BCUT2D eigenvalue weighted by Gasteiger charge is 2.27. The van der Waals surface area contributed by atoms with Gasteiger partial charge in [-0.1, -0.05) is 125 Å². The second kappa shape index (κ2) is 37.2. The summed E-state index contributed by atoms with van der Waals surface area (Å²) in [7, 11) is 1.38. The number of carbonyl (C=O) groups is 3. The zero-order valence-corrected chi connectivity index (χ0v) is 36.9. The Kier molecular flexibility index (Phi) is 35.1. The predicted octanol–water partition coefficient (Wildman–Crippen LogP) is 11.2. The van der Waals surface area contributed by atoms with E-state index in [4.69, 9.17) is 18.5 Å². The molecule has 0 bridgehead atoms. The minimum atomic E-state index is -4.41. The number of esters is 2. The molecule has 0 aromatic rings. The van der Waals surface area contributed by atoms with Crippen molar-refractivity contribution in [1.82, 2.24) is 0 Å². The normalized spacial score (nSPS) is 14.4. The summed E-state index contributed by atoms with van der Waals surface area (Å²) >= 11 is 0. The van der Waals surface area contributed by atoms with Crippen molar-refractivity contribution in [2.24, 2.45) is 0 Å². The number of phosphoric acid groups is 1. The molecule has 0 fully saturated rings. The van der Waals surface area contributed by atoms with E-state index in [1.165, 1.54) is 0 Å². The van der Waals surface area contributed by atoms with Crippen LogP contribution >= 0.6 is 7.82 Å². The number of ether oxygens (including phenoxy) is 2. The molecule has 0 aliphatic rings. The topological polar surface area (TPSA) is 125 Å². The van der Waals surface area contributed by atoms with Crippen LogP contribution in [0.2, 0.25) is 0 Å². The molecular weight excluding hydrogens is 741 g/mol. The van der Waals surface area contributed by atoms with Gasteiger partial charge in [0.1, 0.15) is 19.8 Å². The zero-order chi connectivity index (χ0) is 42.3. The van der Waals surface area contributed by atoms with Gasteiger partial charge in [0.15, 0.2) is 11.9 Å². The number of nitrogens with zero attached hydrogens (tertiary/aromatic N) is 1. The standard InChI is InChI=1S/C46H76NO9P/c1-6-8-10-11-12-13-14-15-16-17-20-24-27-30-34-38-46(50)56-44(42-55-57(51,52)54-40-39-47(3,4)5)41-53-45(49)37-33-29-26-23-21-18-19-22-25-28-32-36-43(48)35-31-9-7-2/h8,10,12-13,15-16,18-19,23,25-26,28,32,36,44H,6-7,9,11,14,17,20-22,24,27,29-31,33-35,37-42H2,1-5H3/p+1/b10-8-,13-12-,16-15-,19-18-,26-23-,28-25-,36-32+/t44-/m1/s1. The lowest BCUT2D eigenvalue weighted by atomic mass is 10.1. The van der Waals surface area contributed by atoms with Crippen LogP contribution in [0.4, 0.5) is 0 Å². The van der Waals surface area contributed by atoms with Crippen molar-refractivity contribution in [2.75, 3.05) is 47.5 Å². The molecule has 57 heavy (non-hydrogen) atoms.